The minimum atomic E-state index is -0.387. The molecule has 0 fully saturated rings. The lowest BCUT2D eigenvalue weighted by Gasteiger charge is -2.10. The van der Waals surface area contributed by atoms with E-state index < -0.39 is 0 Å². The zero-order valence-electron chi connectivity index (χ0n) is 9.98. The number of hydrogen-bond acceptors (Lipinski definition) is 2. The smallest absolute Gasteiger partial charge is 0.229 e. The molecule has 0 aliphatic carbocycles. The predicted octanol–water partition coefficient (Wildman–Crippen LogP) is 1.66. The highest BCUT2D eigenvalue weighted by molar-refractivity contribution is 7.80. The molecule has 0 heterocycles. The molecular formula is C13H18N2OS. The molecule has 4 heteroatoms. The Kier molecular flexibility index (Phi) is 5.63. The number of benzene rings is 1. The molecule has 0 radical (unpaired) electrons. The van der Waals surface area contributed by atoms with E-state index in [9.17, 15) is 4.79 Å². The molecule has 1 amide bonds. The van der Waals surface area contributed by atoms with Crippen molar-refractivity contribution >= 4 is 23.1 Å². The molecule has 17 heavy (non-hydrogen) atoms. The Labute approximate surface area is 107 Å². The SMILES string of the molecule is CC(C(=O)NCCCc1ccccc1)C(N)=S. The largest absolute Gasteiger partial charge is 0.393 e. The first kappa shape index (κ1) is 13.6. The molecule has 1 unspecified atom stereocenters. The summed E-state index contributed by atoms with van der Waals surface area (Å²) in [6, 6.07) is 10.2. The lowest BCUT2D eigenvalue weighted by molar-refractivity contribution is -0.122. The van der Waals surface area contributed by atoms with Gasteiger partial charge in [-0.3, -0.25) is 4.79 Å². The Morgan fingerprint density at radius 3 is 2.65 bits per heavy atom. The number of aryl methyl sites for hydroxylation is 1. The summed E-state index contributed by atoms with van der Waals surface area (Å²) in [4.78, 5) is 11.8. The van der Waals surface area contributed by atoms with Gasteiger partial charge in [0.05, 0.1) is 10.9 Å². The first-order valence-corrected chi connectivity index (χ1v) is 6.13. The van der Waals surface area contributed by atoms with Crippen molar-refractivity contribution in [3.05, 3.63) is 35.9 Å². The molecule has 3 N–H and O–H groups in total. The van der Waals surface area contributed by atoms with Crippen LogP contribution in [-0.4, -0.2) is 17.4 Å². The van der Waals surface area contributed by atoms with Crippen LogP contribution in [0.2, 0.25) is 0 Å². The minimum Gasteiger partial charge on any atom is -0.393 e. The number of nitrogens with two attached hydrogens (primary N) is 1. The molecule has 1 aromatic rings. The van der Waals surface area contributed by atoms with Gasteiger partial charge in [-0.2, -0.15) is 0 Å². The van der Waals surface area contributed by atoms with Crippen LogP contribution < -0.4 is 11.1 Å². The van der Waals surface area contributed by atoms with Crippen molar-refractivity contribution < 1.29 is 4.79 Å². The Balaban J connectivity index is 2.21. The number of amides is 1. The first-order valence-electron chi connectivity index (χ1n) is 5.72. The molecule has 3 nitrogen and oxygen atoms in total. The molecule has 0 saturated carbocycles. The van der Waals surface area contributed by atoms with Crippen LogP contribution in [0.15, 0.2) is 30.3 Å². The normalized spacial score (nSPS) is 11.8. The zero-order chi connectivity index (χ0) is 12.7. The van der Waals surface area contributed by atoms with Crippen molar-refractivity contribution in [1.82, 2.24) is 5.32 Å². The maximum atomic E-state index is 11.5. The van der Waals surface area contributed by atoms with Crippen LogP contribution in [0.5, 0.6) is 0 Å². The maximum absolute atomic E-state index is 11.5. The van der Waals surface area contributed by atoms with Crippen LogP contribution in [-0.2, 0) is 11.2 Å². The standard InChI is InChI=1S/C13H18N2OS/c1-10(12(14)17)13(16)15-9-5-8-11-6-3-2-4-7-11/h2-4,6-7,10H,5,8-9H2,1H3,(H2,14,17)(H,15,16). The summed E-state index contributed by atoms with van der Waals surface area (Å²) in [5.41, 5.74) is 6.68. The average molecular weight is 250 g/mol. The van der Waals surface area contributed by atoms with Crippen molar-refractivity contribution in [3.8, 4) is 0 Å². The first-order chi connectivity index (χ1) is 8.11. The molecular weight excluding hydrogens is 232 g/mol. The van der Waals surface area contributed by atoms with Gasteiger partial charge in [0, 0.05) is 6.54 Å². The van der Waals surface area contributed by atoms with E-state index in [0.717, 1.165) is 12.8 Å². The molecule has 0 aliphatic rings. The molecule has 0 aliphatic heterocycles. The summed E-state index contributed by atoms with van der Waals surface area (Å²) >= 11 is 4.77. The fraction of sp³-hybridized carbons (Fsp3) is 0.385. The molecule has 1 atom stereocenters. The van der Waals surface area contributed by atoms with Gasteiger partial charge in [-0.25, -0.2) is 0 Å². The van der Waals surface area contributed by atoms with Crippen LogP contribution in [0.4, 0.5) is 0 Å². The van der Waals surface area contributed by atoms with Gasteiger partial charge in [-0.05, 0) is 25.3 Å². The average Bonchev–Trinajstić information content (AvgIpc) is 2.34. The van der Waals surface area contributed by atoms with E-state index in [0.29, 0.717) is 6.54 Å². The van der Waals surface area contributed by atoms with Crippen LogP contribution in [0.3, 0.4) is 0 Å². The van der Waals surface area contributed by atoms with Crippen LogP contribution >= 0.6 is 12.2 Å². The quantitative estimate of drug-likeness (QED) is 0.596. The summed E-state index contributed by atoms with van der Waals surface area (Å²) < 4.78 is 0. The molecule has 1 aromatic carbocycles. The van der Waals surface area contributed by atoms with Gasteiger partial charge < -0.3 is 11.1 Å². The van der Waals surface area contributed by atoms with Crippen molar-refractivity contribution in [2.45, 2.75) is 19.8 Å². The number of rotatable bonds is 6. The van der Waals surface area contributed by atoms with E-state index in [2.05, 4.69) is 17.4 Å². The van der Waals surface area contributed by atoms with Crippen LogP contribution in [0.1, 0.15) is 18.9 Å². The number of hydrogen-bond donors (Lipinski definition) is 2. The van der Waals surface area contributed by atoms with E-state index in [1.807, 2.05) is 18.2 Å². The zero-order valence-corrected chi connectivity index (χ0v) is 10.8. The third-order valence-electron chi connectivity index (χ3n) is 2.60. The summed E-state index contributed by atoms with van der Waals surface area (Å²) in [6.07, 6.45) is 1.88. The summed E-state index contributed by atoms with van der Waals surface area (Å²) in [5.74, 6) is -0.479. The van der Waals surface area contributed by atoms with E-state index in [4.69, 9.17) is 18.0 Å². The fourth-order valence-corrected chi connectivity index (χ4v) is 1.54. The number of carbonyl (C=O) groups is 1. The second kappa shape index (κ2) is 7.01. The Morgan fingerprint density at radius 1 is 1.41 bits per heavy atom. The van der Waals surface area contributed by atoms with Crippen LogP contribution in [0.25, 0.3) is 0 Å². The maximum Gasteiger partial charge on any atom is 0.229 e. The Hall–Kier alpha value is -1.42. The third kappa shape index (κ3) is 4.95. The fourth-order valence-electron chi connectivity index (χ4n) is 1.43. The summed E-state index contributed by atoms with van der Waals surface area (Å²) in [5, 5.41) is 2.83. The van der Waals surface area contributed by atoms with E-state index in [1.54, 1.807) is 6.92 Å². The van der Waals surface area contributed by atoms with Crippen molar-refractivity contribution in [3.63, 3.8) is 0 Å². The highest BCUT2D eigenvalue weighted by Gasteiger charge is 2.14. The van der Waals surface area contributed by atoms with Crippen molar-refractivity contribution in [2.75, 3.05) is 6.54 Å². The molecule has 0 spiro atoms. The number of thiocarbonyl (C=S) groups is 1. The van der Waals surface area contributed by atoms with Gasteiger partial charge in [-0.15, -0.1) is 0 Å². The Morgan fingerprint density at radius 2 is 2.06 bits per heavy atom. The second-order valence-corrected chi connectivity index (χ2v) is 4.48. The lowest BCUT2D eigenvalue weighted by atomic mass is 10.1. The highest BCUT2D eigenvalue weighted by atomic mass is 32.1. The molecule has 0 bridgehead atoms. The van der Waals surface area contributed by atoms with Gasteiger partial charge >= 0.3 is 0 Å². The van der Waals surface area contributed by atoms with E-state index in [1.165, 1.54) is 5.56 Å². The van der Waals surface area contributed by atoms with Gasteiger partial charge in [0.15, 0.2) is 0 Å². The topological polar surface area (TPSA) is 55.1 Å². The minimum absolute atomic E-state index is 0.0921. The highest BCUT2D eigenvalue weighted by Crippen LogP contribution is 2.02. The lowest BCUT2D eigenvalue weighted by Crippen LogP contribution is -2.36. The summed E-state index contributed by atoms with van der Waals surface area (Å²) in [7, 11) is 0. The molecule has 0 aromatic heterocycles. The summed E-state index contributed by atoms with van der Waals surface area (Å²) in [6.45, 7) is 2.37. The van der Waals surface area contributed by atoms with Gasteiger partial charge in [0.25, 0.3) is 0 Å². The van der Waals surface area contributed by atoms with Gasteiger partial charge in [0.2, 0.25) is 5.91 Å². The number of carbonyl (C=O) groups excluding carboxylic acids is 1. The van der Waals surface area contributed by atoms with E-state index in [-0.39, 0.29) is 16.8 Å². The molecule has 92 valence electrons. The van der Waals surface area contributed by atoms with Gasteiger partial charge in [-0.1, -0.05) is 42.5 Å². The predicted molar refractivity (Wildman–Crippen MR) is 73.7 cm³/mol. The van der Waals surface area contributed by atoms with Crippen molar-refractivity contribution in [1.29, 1.82) is 0 Å². The second-order valence-electron chi connectivity index (χ2n) is 4.00. The Bertz CT molecular complexity index is 378. The van der Waals surface area contributed by atoms with Gasteiger partial charge in [0.1, 0.15) is 0 Å². The van der Waals surface area contributed by atoms with Crippen LogP contribution in [0, 0.1) is 5.92 Å². The number of nitrogens with one attached hydrogen (secondary N) is 1. The van der Waals surface area contributed by atoms with Crippen molar-refractivity contribution in [2.24, 2.45) is 11.7 Å². The molecule has 1 rings (SSSR count). The van der Waals surface area contributed by atoms with E-state index >= 15 is 0 Å². The third-order valence-corrected chi connectivity index (χ3v) is 2.96. The molecule has 0 saturated heterocycles. The monoisotopic (exact) mass is 250 g/mol.